The van der Waals surface area contributed by atoms with E-state index in [-0.39, 0.29) is 11.4 Å². The van der Waals surface area contributed by atoms with Crippen LogP contribution >= 0.6 is 0 Å². The van der Waals surface area contributed by atoms with Crippen molar-refractivity contribution in [1.29, 1.82) is 0 Å². The molecule has 82 valence electrons. The van der Waals surface area contributed by atoms with Gasteiger partial charge in [0.2, 0.25) is 0 Å². The van der Waals surface area contributed by atoms with E-state index < -0.39 is 0 Å². The molecule has 0 aromatic rings. The number of rotatable bonds is 3. The molecule has 0 aliphatic carbocycles. The maximum absolute atomic E-state index is 11.7. The first-order chi connectivity index (χ1) is 6.68. The molecule has 1 aliphatic rings. The smallest absolute Gasteiger partial charge is 0.314 e. The maximum Gasteiger partial charge on any atom is 0.314 e. The zero-order chi connectivity index (χ0) is 10.6. The van der Waals surface area contributed by atoms with Gasteiger partial charge in [-0.05, 0) is 18.8 Å². The lowest BCUT2D eigenvalue weighted by Crippen LogP contribution is -2.43. The van der Waals surface area contributed by atoms with E-state index in [4.69, 9.17) is 9.47 Å². The average molecular weight is 200 g/mol. The first-order valence-corrected chi connectivity index (χ1v) is 5.34. The highest BCUT2D eigenvalue weighted by Crippen LogP contribution is 2.37. The number of hydrogen-bond donors (Lipinski definition) is 0. The minimum atomic E-state index is -0.381. The van der Waals surface area contributed by atoms with Gasteiger partial charge < -0.3 is 9.47 Å². The highest BCUT2D eigenvalue weighted by atomic mass is 16.5. The van der Waals surface area contributed by atoms with Gasteiger partial charge in [-0.15, -0.1) is 0 Å². The molecule has 0 N–H and O–H groups in total. The van der Waals surface area contributed by atoms with Gasteiger partial charge in [-0.25, -0.2) is 0 Å². The van der Waals surface area contributed by atoms with Crippen molar-refractivity contribution in [1.82, 2.24) is 0 Å². The van der Waals surface area contributed by atoms with Crippen LogP contribution in [0.5, 0.6) is 0 Å². The minimum absolute atomic E-state index is 0.113. The summed E-state index contributed by atoms with van der Waals surface area (Å²) in [7, 11) is 1.45. The molecule has 0 aromatic carbocycles. The monoisotopic (exact) mass is 200 g/mol. The number of esters is 1. The molecule has 3 heteroatoms. The zero-order valence-electron chi connectivity index (χ0n) is 9.34. The highest BCUT2D eigenvalue weighted by Gasteiger charge is 2.42. The van der Waals surface area contributed by atoms with Crippen LogP contribution in [0.3, 0.4) is 0 Å². The molecule has 3 nitrogen and oxygen atoms in total. The Morgan fingerprint density at radius 2 is 2.29 bits per heavy atom. The van der Waals surface area contributed by atoms with Crippen LogP contribution in [0.2, 0.25) is 0 Å². The van der Waals surface area contributed by atoms with Crippen molar-refractivity contribution >= 4 is 5.97 Å². The SMILES string of the molecule is CCC1COCC(CC)(C(=O)OC)C1. The molecule has 0 aromatic heterocycles. The van der Waals surface area contributed by atoms with Gasteiger partial charge in [0.15, 0.2) is 0 Å². The second kappa shape index (κ2) is 4.78. The molecular weight excluding hydrogens is 180 g/mol. The summed E-state index contributed by atoms with van der Waals surface area (Å²) < 4.78 is 10.4. The molecule has 0 amide bonds. The summed E-state index contributed by atoms with van der Waals surface area (Å²) in [6.07, 6.45) is 2.78. The fraction of sp³-hybridized carbons (Fsp3) is 0.909. The minimum Gasteiger partial charge on any atom is -0.469 e. The van der Waals surface area contributed by atoms with E-state index in [9.17, 15) is 4.79 Å². The lowest BCUT2D eigenvalue weighted by molar-refractivity contribution is -0.164. The van der Waals surface area contributed by atoms with Crippen LogP contribution < -0.4 is 0 Å². The van der Waals surface area contributed by atoms with Gasteiger partial charge >= 0.3 is 5.97 Å². The Balaban J connectivity index is 2.72. The van der Waals surface area contributed by atoms with Gasteiger partial charge in [0.1, 0.15) is 0 Å². The van der Waals surface area contributed by atoms with Crippen molar-refractivity contribution in [3.63, 3.8) is 0 Å². The molecule has 1 fully saturated rings. The van der Waals surface area contributed by atoms with Crippen LogP contribution in [-0.2, 0) is 14.3 Å². The van der Waals surface area contributed by atoms with Gasteiger partial charge in [-0.3, -0.25) is 4.79 Å². The standard InChI is InChI=1S/C11H20O3/c1-4-9-6-11(5-2,8-14-7-9)10(12)13-3/h9H,4-8H2,1-3H3. The molecule has 0 bridgehead atoms. The Bertz CT molecular complexity index is 203. The van der Waals surface area contributed by atoms with Crippen molar-refractivity contribution in [2.45, 2.75) is 33.1 Å². The quantitative estimate of drug-likeness (QED) is 0.654. The summed E-state index contributed by atoms with van der Waals surface area (Å²) in [4.78, 5) is 11.7. The van der Waals surface area contributed by atoms with E-state index in [2.05, 4.69) is 6.92 Å². The van der Waals surface area contributed by atoms with E-state index in [0.717, 1.165) is 25.9 Å². The second-order valence-electron chi connectivity index (χ2n) is 4.12. The number of methoxy groups -OCH3 is 1. The molecular formula is C11H20O3. The molecule has 0 saturated carbocycles. The molecule has 0 spiro atoms. The fourth-order valence-corrected chi connectivity index (χ4v) is 2.10. The molecule has 2 unspecified atom stereocenters. The van der Waals surface area contributed by atoms with E-state index >= 15 is 0 Å². The Kier molecular flexibility index (Phi) is 3.93. The highest BCUT2D eigenvalue weighted by molar-refractivity contribution is 5.77. The first kappa shape index (κ1) is 11.5. The fourth-order valence-electron chi connectivity index (χ4n) is 2.10. The topological polar surface area (TPSA) is 35.5 Å². The lowest BCUT2D eigenvalue weighted by Gasteiger charge is -2.37. The molecule has 1 rings (SSSR count). The van der Waals surface area contributed by atoms with Crippen LogP contribution in [0.1, 0.15) is 33.1 Å². The normalized spacial score (nSPS) is 32.6. The molecule has 2 atom stereocenters. The number of carbonyl (C=O) groups is 1. The third-order valence-corrected chi connectivity index (χ3v) is 3.28. The Morgan fingerprint density at radius 1 is 1.57 bits per heavy atom. The Hall–Kier alpha value is -0.570. The summed E-state index contributed by atoms with van der Waals surface area (Å²) in [5.41, 5.74) is -0.381. The van der Waals surface area contributed by atoms with E-state index in [0.29, 0.717) is 12.5 Å². The average Bonchev–Trinajstić information content (AvgIpc) is 2.27. The molecule has 1 heterocycles. The Morgan fingerprint density at radius 3 is 2.79 bits per heavy atom. The summed E-state index contributed by atoms with van der Waals surface area (Å²) >= 11 is 0. The predicted molar refractivity (Wildman–Crippen MR) is 54.0 cm³/mol. The zero-order valence-corrected chi connectivity index (χ0v) is 9.34. The third-order valence-electron chi connectivity index (χ3n) is 3.28. The van der Waals surface area contributed by atoms with E-state index in [1.165, 1.54) is 7.11 Å². The van der Waals surface area contributed by atoms with Crippen LogP contribution in [0.4, 0.5) is 0 Å². The van der Waals surface area contributed by atoms with Crippen LogP contribution in [0.25, 0.3) is 0 Å². The van der Waals surface area contributed by atoms with Crippen molar-refractivity contribution in [3.8, 4) is 0 Å². The molecule has 0 radical (unpaired) electrons. The third kappa shape index (κ3) is 2.08. The second-order valence-corrected chi connectivity index (χ2v) is 4.12. The Labute approximate surface area is 85.8 Å². The molecule has 1 aliphatic heterocycles. The number of ether oxygens (including phenoxy) is 2. The van der Waals surface area contributed by atoms with Crippen LogP contribution in [0, 0.1) is 11.3 Å². The van der Waals surface area contributed by atoms with Crippen molar-refractivity contribution in [3.05, 3.63) is 0 Å². The lowest BCUT2D eigenvalue weighted by atomic mass is 9.75. The molecule has 14 heavy (non-hydrogen) atoms. The van der Waals surface area contributed by atoms with Gasteiger partial charge in [0.25, 0.3) is 0 Å². The summed E-state index contributed by atoms with van der Waals surface area (Å²) in [5.74, 6) is 0.390. The number of carbonyl (C=O) groups excluding carboxylic acids is 1. The van der Waals surface area contributed by atoms with Crippen molar-refractivity contribution < 1.29 is 14.3 Å². The van der Waals surface area contributed by atoms with Crippen molar-refractivity contribution in [2.75, 3.05) is 20.3 Å². The van der Waals surface area contributed by atoms with Gasteiger partial charge in [-0.2, -0.15) is 0 Å². The van der Waals surface area contributed by atoms with E-state index in [1.54, 1.807) is 0 Å². The predicted octanol–water partition coefficient (Wildman–Crippen LogP) is 2.00. The summed E-state index contributed by atoms with van der Waals surface area (Å²) in [6.45, 7) is 5.47. The van der Waals surface area contributed by atoms with E-state index in [1.807, 2.05) is 6.92 Å². The maximum atomic E-state index is 11.7. The van der Waals surface area contributed by atoms with Gasteiger partial charge in [0, 0.05) is 6.61 Å². The van der Waals surface area contributed by atoms with Gasteiger partial charge in [0.05, 0.1) is 19.1 Å². The first-order valence-electron chi connectivity index (χ1n) is 5.34. The van der Waals surface area contributed by atoms with Crippen LogP contribution in [-0.4, -0.2) is 26.3 Å². The summed E-state index contributed by atoms with van der Waals surface area (Å²) in [6, 6.07) is 0. The van der Waals surface area contributed by atoms with Crippen LogP contribution in [0.15, 0.2) is 0 Å². The number of hydrogen-bond acceptors (Lipinski definition) is 3. The molecule has 1 saturated heterocycles. The van der Waals surface area contributed by atoms with Crippen molar-refractivity contribution in [2.24, 2.45) is 11.3 Å². The summed E-state index contributed by atoms with van der Waals surface area (Å²) in [5, 5.41) is 0. The largest absolute Gasteiger partial charge is 0.469 e. The van der Waals surface area contributed by atoms with Gasteiger partial charge in [-0.1, -0.05) is 20.3 Å².